The lowest BCUT2D eigenvalue weighted by Crippen LogP contribution is -2.30. The summed E-state index contributed by atoms with van der Waals surface area (Å²) in [5.74, 6) is -0.362. The maximum Gasteiger partial charge on any atom is 0.251 e. The van der Waals surface area contributed by atoms with Crippen LogP contribution in [0.15, 0.2) is 90.2 Å². The van der Waals surface area contributed by atoms with Crippen LogP contribution in [0.4, 0.5) is 10.2 Å². The van der Waals surface area contributed by atoms with Crippen LogP contribution in [-0.2, 0) is 11.3 Å². The van der Waals surface area contributed by atoms with E-state index in [1.54, 1.807) is 43.7 Å². The summed E-state index contributed by atoms with van der Waals surface area (Å²) in [6, 6.07) is 17.8. The number of benzene rings is 2. The molecule has 2 aromatic carbocycles. The summed E-state index contributed by atoms with van der Waals surface area (Å²) >= 11 is 6.47. The van der Waals surface area contributed by atoms with Crippen LogP contribution < -0.4 is 10.9 Å². The molecular formula is C27H21ClFN5O2. The Morgan fingerprint density at radius 2 is 1.94 bits per heavy atom. The first-order valence-electron chi connectivity index (χ1n) is 11.2. The molecule has 180 valence electrons. The van der Waals surface area contributed by atoms with Gasteiger partial charge in [0.1, 0.15) is 17.7 Å². The third-order valence-electron chi connectivity index (χ3n) is 5.93. The number of anilines is 1. The first kappa shape index (κ1) is 23.4. The fourth-order valence-electron chi connectivity index (χ4n) is 4.03. The van der Waals surface area contributed by atoms with E-state index in [-0.39, 0.29) is 17.3 Å². The first-order chi connectivity index (χ1) is 17.4. The number of hydrogen-bond acceptors (Lipinski definition) is 4. The van der Waals surface area contributed by atoms with Gasteiger partial charge in [-0.25, -0.2) is 14.4 Å². The molecule has 0 bridgehead atoms. The van der Waals surface area contributed by atoms with Gasteiger partial charge in [0, 0.05) is 30.6 Å². The Bertz CT molecular complexity index is 1650. The molecule has 0 saturated carbocycles. The molecule has 36 heavy (non-hydrogen) atoms. The van der Waals surface area contributed by atoms with Crippen molar-refractivity contribution in [2.24, 2.45) is 0 Å². The van der Waals surface area contributed by atoms with Crippen molar-refractivity contribution in [1.82, 2.24) is 19.1 Å². The molecule has 0 aliphatic carbocycles. The standard InChI is InChI=1S/C27H21ClFN5O2/c1-17(34-10-3-2-7-26(34)35)27(36)32-25-13-21(22(28)14-30-25)19-8-9-23-24(12-19)33(16-31-23)15-18-5-4-6-20(29)11-18/h2-14,16-17H,15H2,1H3,(H,30,32,36). The average molecular weight is 502 g/mol. The van der Waals surface area contributed by atoms with Gasteiger partial charge in [0.25, 0.3) is 5.56 Å². The summed E-state index contributed by atoms with van der Waals surface area (Å²) in [5.41, 5.74) is 3.67. The fourth-order valence-corrected chi connectivity index (χ4v) is 4.24. The SMILES string of the molecule is CC(C(=O)Nc1cc(-c2ccc3ncn(Cc4cccc(F)c4)c3c2)c(Cl)cn1)n1ccccc1=O. The van der Waals surface area contributed by atoms with E-state index >= 15 is 0 Å². The van der Waals surface area contributed by atoms with Crippen molar-refractivity contribution in [3.05, 3.63) is 112 Å². The molecule has 0 aliphatic heterocycles. The van der Waals surface area contributed by atoms with Crippen molar-refractivity contribution < 1.29 is 9.18 Å². The number of amides is 1. The Morgan fingerprint density at radius 3 is 2.75 bits per heavy atom. The molecule has 0 aliphatic rings. The summed E-state index contributed by atoms with van der Waals surface area (Å²) < 4.78 is 16.9. The van der Waals surface area contributed by atoms with Gasteiger partial charge in [0.15, 0.2) is 0 Å². The number of hydrogen-bond donors (Lipinski definition) is 1. The zero-order valence-corrected chi connectivity index (χ0v) is 20.0. The lowest BCUT2D eigenvalue weighted by Gasteiger charge is -2.15. The first-order valence-corrected chi connectivity index (χ1v) is 11.6. The van der Waals surface area contributed by atoms with Crippen molar-refractivity contribution in [2.45, 2.75) is 19.5 Å². The molecule has 3 heterocycles. The highest BCUT2D eigenvalue weighted by Crippen LogP contribution is 2.31. The fraction of sp³-hybridized carbons (Fsp3) is 0.111. The number of rotatable bonds is 6. The van der Waals surface area contributed by atoms with Crippen molar-refractivity contribution in [3.63, 3.8) is 0 Å². The van der Waals surface area contributed by atoms with Gasteiger partial charge in [-0.05, 0) is 54.4 Å². The molecular weight excluding hydrogens is 481 g/mol. The monoisotopic (exact) mass is 501 g/mol. The predicted molar refractivity (Wildman–Crippen MR) is 138 cm³/mol. The van der Waals surface area contributed by atoms with Gasteiger partial charge < -0.3 is 14.5 Å². The molecule has 0 fully saturated rings. The maximum atomic E-state index is 13.6. The molecule has 1 N–H and O–H groups in total. The quantitative estimate of drug-likeness (QED) is 0.342. The van der Waals surface area contributed by atoms with E-state index in [4.69, 9.17) is 11.6 Å². The van der Waals surface area contributed by atoms with Gasteiger partial charge in [0.05, 0.1) is 22.4 Å². The van der Waals surface area contributed by atoms with Crippen LogP contribution in [0, 0.1) is 5.82 Å². The second-order valence-electron chi connectivity index (χ2n) is 8.37. The largest absolute Gasteiger partial charge is 0.326 e. The van der Waals surface area contributed by atoms with E-state index in [0.29, 0.717) is 22.9 Å². The number of halogens is 2. The molecule has 0 spiro atoms. The highest BCUT2D eigenvalue weighted by molar-refractivity contribution is 6.33. The Labute approximate surface area is 210 Å². The number of imidazole rings is 1. The summed E-state index contributed by atoms with van der Waals surface area (Å²) in [7, 11) is 0. The van der Waals surface area contributed by atoms with E-state index in [9.17, 15) is 14.0 Å². The van der Waals surface area contributed by atoms with Crippen molar-refractivity contribution >= 4 is 34.4 Å². The van der Waals surface area contributed by atoms with E-state index in [1.807, 2.05) is 28.8 Å². The maximum absolute atomic E-state index is 13.6. The number of carbonyl (C=O) groups is 1. The van der Waals surface area contributed by atoms with Crippen LogP contribution in [-0.4, -0.2) is 25.0 Å². The molecule has 0 radical (unpaired) electrons. The Kier molecular flexibility index (Phi) is 6.35. The second-order valence-corrected chi connectivity index (χ2v) is 8.77. The van der Waals surface area contributed by atoms with Gasteiger partial charge in [-0.15, -0.1) is 0 Å². The van der Waals surface area contributed by atoms with Crippen LogP contribution in [0.3, 0.4) is 0 Å². The topological polar surface area (TPSA) is 81.8 Å². The van der Waals surface area contributed by atoms with Crippen LogP contribution in [0.1, 0.15) is 18.5 Å². The molecule has 1 atom stereocenters. The lowest BCUT2D eigenvalue weighted by atomic mass is 10.1. The second kappa shape index (κ2) is 9.75. The Hall–Kier alpha value is -4.30. The summed E-state index contributed by atoms with van der Waals surface area (Å²) in [5, 5.41) is 3.18. The van der Waals surface area contributed by atoms with Crippen LogP contribution >= 0.6 is 11.6 Å². The van der Waals surface area contributed by atoms with E-state index in [2.05, 4.69) is 15.3 Å². The van der Waals surface area contributed by atoms with Gasteiger partial charge in [-0.1, -0.05) is 35.9 Å². The van der Waals surface area contributed by atoms with Crippen LogP contribution in [0.25, 0.3) is 22.2 Å². The minimum absolute atomic E-state index is 0.270. The van der Waals surface area contributed by atoms with Gasteiger partial charge in [0.2, 0.25) is 5.91 Å². The molecule has 9 heteroatoms. The van der Waals surface area contributed by atoms with Gasteiger partial charge in [-0.2, -0.15) is 0 Å². The molecule has 7 nitrogen and oxygen atoms in total. The van der Waals surface area contributed by atoms with Gasteiger partial charge in [-0.3, -0.25) is 9.59 Å². The Balaban J connectivity index is 1.44. The van der Waals surface area contributed by atoms with Crippen molar-refractivity contribution in [2.75, 3.05) is 5.32 Å². The van der Waals surface area contributed by atoms with Crippen molar-refractivity contribution in [1.29, 1.82) is 0 Å². The third kappa shape index (κ3) is 4.76. The van der Waals surface area contributed by atoms with Crippen LogP contribution in [0.5, 0.6) is 0 Å². The smallest absolute Gasteiger partial charge is 0.251 e. The minimum Gasteiger partial charge on any atom is -0.326 e. The zero-order chi connectivity index (χ0) is 25.2. The Morgan fingerprint density at radius 1 is 1.08 bits per heavy atom. The van der Waals surface area contributed by atoms with E-state index in [1.165, 1.54) is 29.0 Å². The highest BCUT2D eigenvalue weighted by atomic mass is 35.5. The van der Waals surface area contributed by atoms with E-state index < -0.39 is 6.04 Å². The molecule has 1 unspecified atom stereocenters. The van der Waals surface area contributed by atoms with Crippen molar-refractivity contribution in [3.8, 4) is 11.1 Å². The minimum atomic E-state index is -0.729. The molecule has 0 saturated heterocycles. The third-order valence-corrected chi connectivity index (χ3v) is 6.23. The number of nitrogens with one attached hydrogen (secondary N) is 1. The van der Waals surface area contributed by atoms with Crippen LogP contribution in [0.2, 0.25) is 5.02 Å². The normalized spacial score (nSPS) is 12.0. The molecule has 5 aromatic rings. The number of nitrogens with zero attached hydrogens (tertiary/aromatic N) is 4. The average Bonchev–Trinajstić information content (AvgIpc) is 3.27. The van der Waals surface area contributed by atoms with E-state index in [0.717, 1.165) is 22.2 Å². The molecule has 1 amide bonds. The highest BCUT2D eigenvalue weighted by Gasteiger charge is 2.17. The molecule has 3 aromatic heterocycles. The lowest BCUT2D eigenvalue weighted by molar-refractivity contribution is -0.118. The number of carbonyl (C=O) groups excluding carboxylic acids is 1. The van der Waals surface area contributed by atoms with Gasteiger partial charge >= 0.3 is 0 Å². The number of pyridine rings is 2. The summed E-state index contributed by atoms with van der Waals surface area (Å²) in [6.07, 6.45) is 4.75. The number of aromatic nitrogens is 4. The molecule has 5 rings (SSSR count). The summed E-state index contributed by atoms with van der Waals surface area (Å²) in [4.78, 5) is 33.5. The predicted octanol–water partition coefficient (Wildman–Crippen LogP) is 5.30. The summed E-state index contributed by atoms with van der Waals surface area (Å²) in [6.45, 7) is 2.10. The zero-order valence-electron chi connectivity index (χ0n) is 19.2. The number of fused-ring (bicyclic) bond motifs is 1.